The normalized spacial score (nSPS) is 25.2. The predicted octanol–water partition coefficient (Wildman–Crippen LogP) is 5.02. The number of hydrogen-bond donors (Lipinski definition) is 0. The molecule has 0 amide bonds. The molecular weight excluding hydrogens is 372 g/mol. The van der Waals surface area contributed by atoms with Crippen LogP contribution in [0.4, 0.5) is 0 Å². The Morgan fingerprint density at radius 2 is 1.13 bits per heavy atom. The Kier molecular flexibility index (Phi) is 5.56. The van der Waals surface area contributed by atoms with E-state index in [1.807, 2.05) is 0 Å². The van der Waals surface area contributed by atoms with Crippen LogP contribution in [0.15, 0.2) is 70.6 Å². The quantitative estimate of drug-likeness (QED) is 0.681. The van der Waals surface area contributed by atoms with Crippen LogP contribution in [0.1, 0.15) is 43.2 Å². The van der Waals surface area contributed by atoms with Crippen LogP contribution in [0.25, 0.3) is 0 Å². The summed E-state index contributed by atoms with van der Waals surface area (Å²) in [4.78, 5) is 10.1. The standard InChI is InChI=1S/C26H30N2O2/c1-4-10-20(11-5-1)16-22-18-29-24(27-22)26(14-8-3-9-15-26)25-28-23(19-30-25)17-21-12-6-2-7-13-21/h1-2,4-7,10-13,22-23H,3,8-9,14-19H2/t22-,23-/m1/s1. The van der Waals surface area contributed by atoms with Crippen molar-refractivity contribution < 1.29 is 9.47 Å². The Bertz CT molecular complexity index is 832. The second-order valence-corrected chi connectivity index (χ2v) is 8.82. The zero-order valence-corrected chi connectivity index (χ0v) is 17.5. The molecule has 1 saturated carbocycles. The van der Waals surface area contributed by atoms with Gasteiger partial charge in [0.15, 0.2) is 11.8 Å². The van der Waals surface area contributed by atoms with Gasteiger partial charge in [0.1, 0.15) is 18.6 Å². The Balaban J connectivity index is 1.36. The van der Waals surface area contributed by atoms with Gasteiger partial charge in [0.05, 0.1) is 12.1 Å². The predicted molar refractivity (Wildman–Crippen MR) is 120 cm³/mol. The van der Waals surface area contributed by atoms with Gasteiger partial charge in [-0.25, -0.2) is 9.98 Å². The third kappa shape index (κ3) is 4.00. The number of aliphatic imine (C=N–C) groups is 2. The van der Waals surface area contributed by atoms with Crippen molar-refractivity contribution in [2.45, 2.75) is 57.0 Å². The highest BCUT2D eigenvalue weighted by Crippen LogP contribution is 2.43. The van der Waals surface area contributed by atoms with E-state index in [0.29, 0.717) is 13.2 Å². The Hall–Kier alpha value is -2.62. The average Bonchev–Trinajstić information content (AvgIpc) is 3.46. The van der Waals surface area contributed by atoms with Crippen LogP contribution in [0.5, 0.6) is 0 Å². The highest BCUT2D eigenvalue weighted by Gasteiger charge is 2.49. The monoisotopic (exact) mass is 402 g/mol. The Morgan fingerprint density at radius 3 is 1.60 bits per heavy atom. The van der Waals surface area contributed by atoms with Gasteiger partial charge in [-0.1, -0.05) is 79.9 Å². The maximum Gasteiger partial charge on any atom is 0.199 e. The lowest BCUT2D eigenvalue weighted by Crippen LogP contribution is -2.41. The molecule has 0 spiro atoms. The number of hydrogen-bond acceptors (Lipinski definition) is 4. The van der Waals surface area contributed by atoms with Crippen LogP contribution < -0.4 is 0 Å². The summed E-state index contributed by atoms with van der Waals surface area (Å²) in [7, 11) is 0. The van der Waals surface area contributed by atoms with Gasteiger partial charge in [0, 0.05) is 0 Å². The van der Waals surface area contributed by atoms with Gasteiger partial charge in [-0.15, -0.1) is 0 Å². The van der Waals surface area contributed by atoms with Gasteiger partial charge < -0.3 is 9.47 Å². The SMILES string of the molecule is c1ccc(C[C@@H]2COC(C3(C4=N[C@H](Cc5ccccc5)CO4)CCCCC3)=N2)cc1. The summed E-state index contributed by atoms with van der Waals surface area (Å²) in [6.45, 7) is 1.32. The first kappa shape index (κ1) is 19.3. The third-order valence-electron chi connectivity index (χ3n) is 6.58. The molecule has 1 fully saturated rings. The van der Waals surface area contributed by atoms with Crippen molar-refractivity contribution in [2.24, 2.45) is 15.4 Å². The Morgan fingerprint density at radius 1 is 0.667 bits per heavy atom. The molecule has 0 aromatic heterocycles. The molecule has 4 nitrogen and oxygen atoms in total. The van der Waals surface area contributed by atoms with E-state index in [-0.39, 0.29) is 17.5 Å². The number of benzene rings is 2. The van der Waals surface area contributed by atoms with E-state index in [1.165, 1.54) is 30.4 Å². The molecule has 30 heavy (non-hydrogen) atoms. The molecule has 156 valence electrons. The van der Waals surface area contributed by atoms with Crippen molar-refractivity contribution >= 4 is 11.8 Å². The summed E-state index contributed by atoms with van der Waals surface area (Å²) in [5.41, 5.74) is 2.37. The van der Waals surface area contributed by atoms with E-state index >= 15 is 0 Å². The highest BCUT2D eigenvalue weighted by molar-refractivity contribution is 6.06. The molecule has 2 aliphatic heterocycles. The Labute approximate surface area is 179 Å². The van der Waals surface area contributed by atoms with E-state index < -0.39 is 0 Å². The summed E-state index contributed by atoms with van der Waals surface area (Å²) in [5, 5.41) is 0. The van der Waals surface area contributed by atoms with Gasteiger partial charge >= 0.3 is 0 Å². The van der Waals surface area contributed by atoms with Crippen molar-refractivity contribution in [3.8, 4) is 0 Å². The summed E-state index contributed by atoms with van der Waals surface area (Å²) in [6.07, 6.45) is 7.52. The first-order valence-corrected chi connectivity index (χ1v) is 11.3. The first-order chi connectivity index (χ1) is 14.8. The maximum absolute atomic E-state index is 6.24. The van der Waals surface area contributed by atoms with E-state index in [0.717, 1.165) is 37.5 Å². The van der Waals surface area contributed by atoms with E-state index in [2.05, 4.69) is 60.7 Å². The lowest BCUT2D eigenvalue weighted by molar-refractivity contribution is 0.219. The number of nitrogens with zero attached hydrogens (tertiary/aromatic N) is 2. The molecule has 0 saturated heterocycles. The molecule has 4 heteroatoms. The summed E-state index contributed by atoms with van der Waals surface area (Å²) in [5.74, 6) is 1.75. The minimum absolute atomic E-state index is 0.184. The zero-order chi connectivity index (χ0) is 20.2. The second kappa shape index (κ2) is 8.63. The van der Waals surface area contributed by atoms with Crippen LogP contribution in [-0.4, -0.2) is 37.1 Å². The summed E-state index contributed by atoms with van der Waals surface area (Å²) in [6, 6.07) is 21.5. The van der Waals surface area contributed by atoms with Gasteiger partial charge in [-0.2, -0.15) is 0 Å². The number of rotatable bonds is 6. The third-order valence-corrected chi connectivity index (χ3v) is 6.58. The van der Waals surface area contributed by atoms with Crippen LogP contribution in [0, 0.1) is 5.41 Å². The summed E-state index contributed by atoms with van der Waals surface area (Å²) >= 11 is 0. The van der Waals surface area contributed by atoms with Gasteiger partial charge in [-0.05, 0) is 36.8 Å². The van der Waals surface area contributed by atoms with Crippen LogP contribution in [-0.2, 0) is 22.3 Å². The lowest BCUT2D eigenvalue weighted by Gasteiger charge is -2.35. The molecule has 0 unspecified atom stereocenters. The molecule has 2 atom stereocenters. The average molecular weight is 403 g/mol. The number of ether oxygens (including phenoxy) is 2. The minimum atomic E-state index is -0.255. The smallest absolute Gasteiger partial charge is 0.199 e. The van der Waals surface area contributed by atoms with Gasteiger partial charge in [0.2, 0.25) is 0 Å². The molecular formula is C26H30N2O2. The van der Waals surface area contributed by atoms with Gasteiger partial charge in [-0.3, -0.25) is 0 Å². The minimum Gasteiger partial charge on any atom is -0.478 e. The van der Waals surface area contributed by atoms with Gasteiger partial charge in [0.25, 0.3) is 0 Å². The van der Waals surface area contributed by atoms with E-state index in [9.17, 15) is 0 Å². The van der Waals surface area contributed by atoms with Crippen molar-refractivity contribution in [1.29, 1.82) is 0 Å². The van der Waals surface area contributed by atoms with Crippen LogP contribution in [0.3, 0.4) is 0 Å². The highest BCUT2D eigenvalue weighted by atomic mass is 16.5. The van der Waals surface area contributed by atoms with Crippen LogP contribution in [0.2, 0.25) is 0 Å². The molecule has 0 bridgehead atoms. The van der Waals surface area contributed by atoms with Crippen molar-refractivity contribution in [3.63, 3.8) is 0 Å². The molecule has 1 aliphatic carbocycles. The fraction of sp³-hybridized carbons (Fsp3) is 0.462. The molecule has 2 heterocycles. The zero-order valence-electron chi connectivity index (χ0n) is 17.5. The largest absolute Gasteiger partial charge is 0.478 e. The molecule has 0 radical (unpaired) electrons. The van der Waals surface area contributed by atoms with Crippen LogP contribution >= 0.6 is 0 Å². The molecule has 5 rings (SSSR count). The lowest BCUT2D eigenvalue weighted by atomic mass is 9.73. The summed E-state index contributed by atoms with van der Waals surface area (Å²) < 4.78 is 12.5. The van der Waals surface area contributed by atoms with E-state index in [1.54, 1.807) is 0 Å². The first-order valence-electron chi connectivity index (χ1n) is 11.3. The topological polar surface area (TPSA) is 43.2 Å². The fourth-order valence-electron chi connectivity index (χ4n) is 5.01. The second-order valence-electron chi connectivity index (χ2n) is 8.82. The molecule has 2 aromatic rings. The van der Waals surface area contributed by atoms with E-state index in [4.69, 9.17) is 19.5 Å². The molecule has 3 aliphatic rings. The maximum atomic E-state index is 6.24. The van der Waals surface area contributed by atoms with Crippen molar-refractivity contribution in [1.82, 2.24) is 0 Å². The van der Waals surface area contributed by atoms with Crippen molar-refractivity contribution in [2.75, 3.05) is 13.2 Å². The molecule has 0 N–H and O–H groups in total. The van der Waals surface area contributed by atoms with Crippen molar-refractivity contribution in [3.05, 3.63) is 71.8 Å². The fourth-order valence-corrected chi connectivity index (χ4v) is 5.01. The molecule has 2 aromatic carbocycles.